The summed E-state index contributed by atoms with van der Waals surface area (Å²) in [5.41, 5.74) is 0.0972. The Morgan fingerprint density at radius 3 is 2.76 bits per heavy atom. The van der Waals surface area contributed by atoms with Crippen molar-refractivity contribution >= 4 is 39.2 Å². The third-order valence-electron chi connectivity index (χ3n) is 4.24. The highest BCUT2D eigenvalue weighted by atomic mass is 79.9. The van der Waals surface area contributed by atoms with Crippen molar-refractivity contribution in [2.75, 3.05) is 0 Å². The van der Waals surface area contributed by atoms with Crippen LogP contribution in [0.15, 0.2) is 12.7 Å². The van der Waals surface area contributed by atoms with Crippen LogP contribution in [-0.4, -0.2) is 69.7 Å². The zero-order valence-corrected chi connectivity index (χ0v) is 16.8. The fourth-order valence-electron chi connectivity index (χ4n) is 2.95. The number of hydrogen-bond acceptors (Lipinski definition) is 11. The number of aromatic nitrogens is 4. The second-order valence-corrected chi connectivity index (χ2v) is 6.97. The van der Waals surface area contributed by atoms with Gasteiger partial charge in [0.1, 0.15) is 6.33 Å². The fraction of sp³-hybridized carbons (Fsp3) is 0.533. The minimum Gasteiger partial charge on any atom is -0.433 e. The molecule has 1 saturated heterocycles. The van der Waals surface area contributed by atoms with Crippen molar-refractivity contribution < 1.29 is 39.1 Å². The molecule has 0 aromatic carbocycles. The summed E-state index contributed by atoms with van der Waals surface area (Å²) >= 11 is 3.18. The van der Waals surface area contributed by atoms with Crippen LogP contribution in [-0.2, 0) is 23.8 Å². The molecule has 3 heterocycles. The minimum absolute atomic E-state index is 0.0491. The van der Waals surface area contributed by atoms with Crippen molar-refractivity contribution in [1.29, 1.82) is 5.41 Å². The normalized spacial score (nSPS) is 27.7. The lowest BCUT2D eigenvalue weighted by Crippen LogP contribution is -2.51. The number of hydrogen-bond donors (Lipinski definition) is 4. The molecule has 1 aliphatic rings. The number of aliphatic hydroxyl groups is 3. The fourth-order valence-corrected chi connectivity index (χ4v) is 3.39. The second-order valence-electron chi connectivity index (χ2n) is 6.21. The van der Waals surface area contributed by atoms with Crippen LogP contribution in [0, 0.1) is 5.41 Å². The van der Waals surface area contributed by atoms with Gasteiger partial charge in [0, 0.05) is 13.3 Å². The van der Waals surface area contributed by atoms with E-state index in [4.69, 9.17) is 19.6 Å². The summed E-state index contributed by atoms with van der Waals surface area (Å²) in [6, 6.07) is 0. The van der Waals surface area contributed by atoms with Gasteiger partial charge in [-0.05, 0) is 0 Å². The number of imidazole rings is 1. The summed E-state index contributed by atoms with van der Waals surface area (Å²) in [5.74, 6) is -4.39. The van der Waals surface area contributed by atoms with Crippen LogP contribution in [0.4, 0.5) is 0 Å². The van der Waals surface area contributed by atoms with E-state index in [1.54, 1.807) is 0 Å². The van der Waals surface area contributed by atoms with Gasteiger partial charge in [0.15, 0.2) is 28.9 Å². The topological polar surface area (TPSA) is 182 Å². The Kier molecular flexibility index (Phi) is 5.73. The standard InChI is InChI=1S/C15H18BrN5O8/c1-3-7(23)27-13(25)9-10(24)15(26,29-6(2)22)14(28-9)20-4-18-8-11(17)19-5-21(16)12(8)20/h4-5,9-10,13-14,17,24-26H,3H2,1-2H3/t9-,10+,13?,14+,15-/m0/s1. The summed E-state index contributed by atoms with van der Waals surface area (Å²) in [4.78, 5) is 30.9. The molecule has 29 heavy (non-hydrogen) atoms. The van der Waals surface area contributed by atoms with Gasteiger partial charge >= 0.3 is 11.9 Å². The smallest absolute Gasteiger partial charge is 0.307 e. The third kappa shape index (κ3) is 3.64. The molecule has 0 aliphatic carbocycles. The van der Waals surface area contributed by atoms with E-state index in [2.05, 4.69) is 26.1 Å². The van der Waals surface area contributed by atoms with Gasteiger partial charge < -0.3 is 29.5 Å². The zero-order valence-electron chi connectivity index (χ0n) is 15.2. The first-order valence-electron chi connectivity index (χ1n) is 8.38. The first-order chi connectivity index (χ1) is 13.6. The van der Waals surface area contributed by atoms with E-state index in [0.29, 0.717) is 0 Å². The number of halogens is 1. The Hall–Kier alpha value is -2.39. The Balaban J connectivity index is 2.09. The predicted molar refractivity (Wildman–Crippen MR) is 94.7 cm³/mol. The van der Waals surface area contributed by atoms with Crippen LogP contribution in [0.25, 0.3) is 11.2 Å². The van der Waals surface area contributed by atoms with Crippen molar-refractivity contribution in [1.82, 2.24) is 18.1 Å². The maximum absolute atomic E-state index is 11.6. The Labute approximate surface area is 171 Å². The van der Waals surface area contributed by atoms with Gasteiger partial charge in [-0.25, -0.2) is 13.6 Å². The molecular weight excluding hydrogens is 458 g/mol. The van der Waals surface area contributed by atoms with Crippen molar-refractivity contribution in [3.8, 4) is 0 Å². The molecule has 2 aromatic heterocycles. The summed E-state index contributed by atoms with van der Waals surface area (Å²) in [5, 5.41) is 39.6. The molecule has 0 bridgehead atoms. The number of aliphatic hydroxyl groups excluding tert-OH is 2. The van der Waals surface area contributed by atoms with Gasteiger partial charge in [-0.15, -0.1) is 0 Å². The van der Waals surface area contributed by atoms with Crippen LogP contribution in [0.3, 0.4) is 0 Å². The highest BCUT2D eigenvalue weighted by Gasteiger charge is 2.62. The Bertz CT molecular complexity index is 1010. The SMILES string of the molecule is CCC(=O)OC(O)[C@H]1O[C@@H](n2cnc3c(=N)ncn(Br)c32)[C@@](O)(OC(C)=O)[C@@H]1O. The third-order valence-corrected chi connectivity index (χ3v) is 4.76. The molecular formula is C15H18BrN5O8. The van der Waals surface area contributed by atoms with E-state index in [9.17, 15) is 24.9 Å². The summed E-state index contributed by atoms with van der Waals surface area (Å²) in [7, 11) is 0. The van der Waals surface area contributed by atoms with Crippen molar-refractivity contribution in [2.24, 2.45) is 0 Å². The highest BCUT2D eigenvalue weighted by molar-refractivity contribution is 9.08. The predicted octanol–water partition coefficient (Wildman–Crippen LogP) is -1.35. The maximum atomic E-state index is 11.6. The lowest BCUT2D eigenvalue weighted by molar-refractivity contribution is -0.264. The molecule has 158 valence electrons. The zero-order chi connectivity index (χ0) is 21.5. The van der Waals surface area contributed by atoms with Gasteiger partial charge in [-0.1, -0.05) is 6.92 Å². The van der Waals surface area contributed by atoms with Gasteiger partial charge in [0.25, 0.3) is 5.79 Å². The maximum Gasteiger partial charge on any atom is 0.307 e. The van der Waals surface area contributed by atoms with Crippen LogP contribution < -0.4 is 5.49 Å². The second kappa shape index (κ2) is 7.79. The molecule has 5 atom stereocenters. The van der Waals surface area contributed by atoms with E-state index < -0.39 is 42.5 Å². The molecule has 1 fully saturated rings. The van der Waals surface area contributed by atoms with Crippen LogP contribution in [0.2, 0.25) is 0 Å². The molecule has 1 unspecified atom stereocenters. The lowest BCUT2D eigenvalue weighted by atomic mass is 10.1. The Morgan fingerprint density at radius 2 is 2.14 bits per heavy atom. The number of carbonyl (C=O) groups excluding carboxylic acids is 2. The summed E-state index contributed by atoms with van der Waals surface area (Å²) in [6.45, 7) is 2.50. The molecule has 14 heteroatoms. The first kappa shape index (κ1) is 21.3. The molecule has 0 amide bonds. The van der Waals surface area contributed by atoms with Gasteiger partial charge in [-0.3, -0.25) is 19.6 Å². The molecule has 0 spiro atoms. The van der Waals surface area contributed by atoms with E-state index in [1.807, 2.05) is 0 Å². The number of fused-ring (bicyclic) bond motifs is 1. The summed E-state index contributed by atoms with van der Waals surface area (Å²) in [6.07, 6.45) is -4.85. The molecule has 2 aromatic rings. The Morgan fingerprint density at radius 1 is 1.45 bits per heavy atom. The van der Waals surface area contributed by atoms with Crippen LogP contribution in [0.5, 0.6) is 0 Å². The number of ether oxygens (including phenoxy) is 3. The summed E-state index contributed by atoms with van der Waals surface area (Å²) < 4.78 is 17.7. The van der Waals surface area contributed by atoms with Crippen molar-refractivity contribution in [3.63, 3.8) is 0 Å². The minimum atomic E-state index is -2.67. The largest absolute Gasteiger partial charge is 0.433 e. The van der Waals surface area contributed by atoms with Gasteiger partial charge in [-0.2, -0.15) is 0 Å². The molecule has 0 saturated carbocycles. The van der Waals surface area contributed by atoms with Crippen molar-refractivity contribution in [3.05, 3.63) is 18.1 Å². The average Bonchev–Trinajstić information content (AvgIpc) is 3.19. The number of esters is 2. The van der Waals surface area contributed by atoms with E-state index >= 15 is 0 Å². The number of carbonyl (C=O) groups is 2. The van der Waals surface area contributed by atoms with Crippen LogP contribution >= 0.6 is 16.1 Å². The quantitative estimate of drug-likeness (QED) is 0.298. The molecule has 4 N–H and O–H groups in total. The monoisotopic (exact) mass is 475 g/mol. The van der Waals surface area contributed by atoms with Crippen molar-refractivity contribution in [2.45, 2.75) is 50.8 Å². The first-order valence-corrected chi connectivity index (χ1v) is 9.09. The molecule has 1 aliphatic heterocycles. The molecule has 13 nitrogen and oxygen atoms in total. The van der Waals surface area contributed by atoms with Gasteiger partial charge in [0.2, 0.25) is 12.5 Å². The van der Waals surface area contributed by atoms with Gasteiger partial charge in [0.05, 0.1) is 22.5 Å². The average molecular weight is 476 g/mol. The molecule has 0 radical (unpaired) electrons. The number of rotatable bonds is 5. The number of nitrogens with zero attached hydrogens (tertiary/aromatic N) is 4. The lowest BCUT2D eigenvalue weighted by Gasteiger charge is -2.30. The van der Waals surface area contributed by atoms with E-state index in [-0.39, 0.29) is 23.1 Å². The van der Waals surface area contributed by atoms with E-state index in [1.165, 1.54) is 27.7 Å². The highest BCUT2D eigenvalue weighted by Crippen LogP contribution is 2.42. The van der Waals surface area contributed by atoms with Crippen LogP contribution in [0.1, 0.15) is 26.5 Å². The van der Waals surface area contributed by atoms with E-state index in [0.717, 1.165) is 6.92 Å². The number of nitrogens with one attached hydrogen (secondary N) is 1. The molecule has 3 rings (SSSR count).